The fourth-order valence-corrected chi connectivity index (χ4v) is 3.93. The van der Waals surface area contributed by atoms with Crippen molar-refractivity contribution in [1.82, 2.24) is 9.80 Å². The number of hydrogen-bond acceptors (Lipinski definition) is 4. The van der Waals surface area contributed by atoms with Crippen molar-refractivity contribution >= 4 is 5.91 Å². The van der Waals surface area contributed by atoms with E-state index in [1.165, 1.54) is 32.1 Å². The number of carbonyl (C=O) groups is 1. The van der Waals surface area contributed by atoms with Crippen molar-refractivity contribution in [2.75, 3.05) is 46.9 Å². The molecule has 0 unspecified atom stereocenters. The Hall–Kier alpha value is -2.01. The van der Waals surface area contributed by atoms with Crippen LogP contribution in [0.5, 0.6) is 11.5 Å². The summed E-state index contributed by atoms with van der Waals surface area (Å²) in [7, 11) is 3.24. The minimum Gasteiger partial charge on any atom is -0.493 e. The lowest BCUT2D eigenvalue weighted by Gasteiger charge is -2.35. The molecule has 1 aliphatic carbocycles. The van der Waals surface area contributed by atoms with Crippen molar-refractivity contribution in [3.05, 3.63) is 35.4 Å². The van der Waals surface area contributed by atoms with Crippen LogP contribution < -0.4 is 9.47 Å². The molecule has 1 aromatic carbocycles. The Balaban J connectivity index is 1.45. The molecular weight excluding hydrogens is 340 g/mol. The summed E-state index contributed by atoms with van der Waals surface area (Å²) in [6.07, 6.45) is 9.28. The minimum atomic E-state index is 0.192. The van der Waals surface area contributed by atoms with Gasteiger partial charge in [-0.3, -0.25) is 9.69 Å². The van der Waals surface area contributed by atoms with Crippen molar-refractivity contribution in [2.24, 2.45) is 0 Å². The van der Waals surface area contributed by atoms with Crippen LogP contribution in [0.4, 0.5) is 0 Å². The van der Waals surface area contributed by atoms with Crippen LogP contribution in [0.25, 0.3) is 0 Å². The van der Waals surface area contributed by atoms with E-state index in [1.807, 2.05) is 23.1 Å². The Morgan fingerprint density at radius 3 is 2.48 bits per heavy atom. The second-order valence-corrected chi connectivity index (χ2v) is 7.45. The average molecular weight is 373 g/mol. The molecule has 0 N–H and O–H groups in total. The summed E-state index contributed by atoms with van der Waals surface area (Å²) in [6, 6.07) is 5.69. The van der Waals surface area contributed by atoms with Crippen LogP contribution in [-0.4, -0.2) is 62.7 Å². The normalized spacial score (nSPS) is 18.1. The maximum Gasteiger partial charge on any atom is 0.227 e. The highest BCUT2D eigenvalue weighted by Crippen LogP contribution is 2.28. The van der Waals surface area contributed by atoms with Gasteiger partial charge in [-0.2, -0.15) is 0 Å². The Labute approximate surface area is 162 Å². The molecule has 5 heteroatoms. The third kappa shape index (κ3) is 5.48. The molecule has 1 aliphatic heterocycles. The van der Waals surface area contributed by atoms with Gasteiger partial charge in [0.2, 0.25) is 5.91 Å². The molecule has 0 radical (unpaired) electrons. The van der Waals surface area contributed by atoms with Crippen LogP contribution in [0.3, 0.4) is 0 Å². The molecule has 0 spiro atoms. The number of allylic oxidation sites excluding steroid dienone is 1. The standard InChI is InChI=1S/C22H32N2O3/c1-26-20-9-8-19(16-21(20)27-2)17-22(25)24-14-12-23(13-15-24)11-10-18-6-4-3-5-7-18/h6,8-9,16H,3-5,7,10-15,17H2,1-2H3. The van der Waals surface area contributed by atoms with Gasteiger partial charge < -0.3 is 14.4 Å². The molecule has 0 atom stereocenters. The van der Waals surface area contributed by atoms with Gasteiger partial charge >= 0.3 is 0 Å². The first-order chi connectivity index (χ1) is 13.2. The Morgan fingerprint density at radius 1 is 1.04 bits per heavy atom. The number of nitrogens with zero attached hydrogens (tertiary/aromatic N) is 2. The smallest absolute Gasteiger partial charge is 0.227 e. The van der Waals surface area contributed by atoms with E-state index in [0.717, 1.165) is 38.3 Å². The van der Waals surface area contributed by atoms with E-state index >= 15 is 0 Å². The maximum absolute atomic E-state index is 12.7. The van der Waals surface area contributed by atoms with Gasteiger partial charge in [0.25, 0.3) is 0 Å². The van der Waals surface area contributed by atoms with Crippen LogP contribution in [0, 0.1) is 0 Å². The molecule has 1 saturated heterocycles. The Bertz CT molecular complexity index is 664. The number of amides is 1. The Morgan fingerprint density at radius 2 is 1.81 bits per heavy atom. The number of methoxy groups -OCH3 is 2. The van der Waals surface area contributed by atoms with Crippen molar-refractivity contribution in [2.45, 2.75) is 38.5 Å². The molecule has 1 heterocycles. The van der Waals surface area contributed by atoms with Crippen molar-refractivity contribution in [1.29, 1.82) is 0 Å². The largest absolute Gasteiger partial charge is 0.493 e. The van der Waals surface area contributed by atoms with E-state index in [2.05, 4.69) is 11.0 Å². The molecule has 2 aliphatic rings. The summed E-state index contributed by atoms with van der Waals surface area (Å²) < 4.78 is 10.6. The molecule has 1 amide bonds. The van der Waals surface area contributed by atoms with E-state index < -0.39 is 0 Å². The van der Waals surface area contributed by atoms with Crippen molar-refractivity contribution in [3.63, 3.8) is 0 Å². The SMILES string of the molecule is COc1ccc(CC(=O)N2CCN(CCC3=CCCCC3)CC2)cc1OC. The zero-order chi connectivity index (χ0) is 19.1. The van der Waals surface area contributed by atoms with Gasteiger partial charge in [0.1, 0.15) is 0 Å². The molecule has 1 aromatic rings. The van der Waals surface area contributed by atoms with Gasteiger partial charge in [0, 0.05) is 32.7 Å². The summed E-state index contributed by atoms with van der Waals surface area (Å²) >= 11 is 0. The highest BCUT2D eigenvalue weighted by Gasteiger charge is 2.21. The van der Waals surface area contributed by atoms with E-state index in [9.17, 15) is 4.79 Å². The molecule has 148 valence electrons. The van der Waals surface area contributed by atoms with Gasteiger partial charge in [0.15, 0.2) is 11.5 Å². The lowest BCUT2D eigenvalue weighted by atomic mass is 9.97. The minimum absolute atomic E-state index is 0.192. The first kappa shape index (κ1) is 19.7. The van der Waals surface area contributed by atoms with Gasteiger partial charge in [-0.05, 0) is 49.8 Å². The number of benzene rings is 1. The first-order valence-corrected chi connectivity index (χ1v) is 10.1. The second-order valence-electron chi connectivity index (χ2n) is 7.45. The zero-order valence-electron chi connectivity index (χ0n) is 16.7. The number of piperazine rings is 1. The van der Waals surface area contributed by atoms with E-state index in [-0.39, 0.29) is 5.91 Å². The zero-order valence-corrected chi connectivity index (χ0v) is 16.7. The fourth-order valence-electron chi connectivity index (χ4n) is 3.93. The first-order valence-electron chi connectivity index (χ1n) is 10.1. The quantitative estimate of drug-likeness (QED) is 0.689. The molecule has 27 heavy (non-hydrogen) atoms. The van der Waals surface area contributed by atoms with Crippen LogP contribution in [0.2, 0.25) is 0 Å². The van der Waals surface area contributed by atoms with Gasteiger partial charge in [-0.1, -0.05) is 17.7 Å². The van der Waals surface area contributed by atoms with E-state index in [0.29, 0.717) is 17.9 Å². The predicted octanol–water partition coefficient (Wildman–Crippen LogP) is 3.28. The van der Waals surface area contributed by atoms with E-state index in [1.54, 1.807) is 19.8 Å². The van der Waals surface area contributed by atoms with Crippen LogP contribution >= 0.6 is 0 Å². The monoisotopic (exact) mass is 372 g/mol. The van der Waals surface area contributed by atoms with Crippen molar-refractivity contribution in [3.8, 4) is 11.5 Å². The van der Waals surface area contributed by atoms with Crippen LogP contribution in [0.1, 0.15) is 37.7 Å². The maximum atomic E-state index is 12.7. The molecule has 0 aromatic heterocycles. The summed E-state index contributed by atoms with van der Waals surface area (Å²) in [6.45, 7) is 4.73. The van der Waals surface area contributed by atoms with Crippen molar-refractivity contribution < 1.29 is 14.3 Å². The molecule has 1 fully saturated rings. The summed E-state index contributed by atoms with van der Waals surface area (Å²) in [4.78, 5) is 17.1. The number of carbonyl (C=O) groups excluding carboxylic acids is 1. The highest BCUT2D eigenvalue weighted by atomic mass is 16.5. The Kier molecular flexibility index (Phi) is 7.16. The third-order valence-corrected chi connectivity index (χ3v) is 5.66. The van der Waals surface area contributed by atoms with Gasteiger partial charge in [-0.15, -0.1) is 0 Å². The fraction of sp³-hybridized carbons (Fsp3) is 0.591. The molecule has 3 rings (SSSR count). The lowest BCUT2D eigenvalue weighted by Crippen LogP contribution is -2.49. The predicted molar refractivity (Wildman–Crippen MR) is 107 cm³/mol. The summed E-state index contributed by atoms with van der Waals surface area (Å²) in [5.74, 6) is 1.55. The summed E-state index contributed by atoms with van der Waals surface area (Å²) in [5.41, 5.74) is 2.59. The summed E-state index contributed by atoms with van der Waals surface area (Å²) in [5, 5.41) is 0. The number of hydrogen-bond donors (Lipinski definition) is 0. The third-order valence-electron chi connectivity index (χ3n) is 5.66. The molecule has 0 bridgehead atoms. The average Bonchev–Trinajstić information content (AvgIpc) is 2.73. The van der Waals surface area contributed by atoms with Crippen LogP contribution in [0.15, 0.2) is 29.8 Å². The van der Waals surface area contributed by atoms with Crippen LogP contribution in [-0.2, 0) is 11.2 Å². The highest BCUT2D eigenvalue weighted by molar-refractivity contribution is 5.79. The topological polar surface area (TPSA) is 42.0 Å². The lowest BCUT2D eigenvalue weighted by molar-refractivity contribution is -0.132. The van der Waals surface area contributed by atoms with Gasteiger partial charge in [0.05, 0.1) is 20.6 Å². The number of ether oxygens (including phenoxy) is 2. The van der Waals surface area contributed by atoms with Gasteiger partial charge in [-0.25, -0.2) is 0 Å². The number of rotatable bonds is 7. The van der Waals surface area contributed by atoms with E-state index in [4.69, 9.17) is 9.47 Å². The molecule has 0 saturated carbocycles. The second kappa shape index (κ2) is 9.79. The molecule has 5 nitrogen and oxygen atoms in total. The molecular formula is C22H32N2O3.